The molecule has 0 saturated heterocycles. The average molecular weight is 418 g/mol. The van der Waals surface area contributed by atoms with Crippen LogP contribution in [0.2, 0.25) is 0 Å². The molecule has 0 spiro atoms. The van der Waals surface area contributed by atoms with E-state index >= 15 is 0 Å². The quantitative estimate of drug-likeness (QED) is 0.397. The van der Waals surface area contributed by atoms with Gasteiger partial charge in [-0.15, -0.1) is 0 Å². The zero-order valence-corrected chi connectivity index (χ0v) is 17.9. The highest BCUT2D eigenvalue weighted by Gasteiger charge is 2.31. The number of hydrogen-bond donors (Lipinski definition) is 2. The van der Waals surface area contributed by atoms with E-state index in [0.29, 0.717) is 19.4 Å². The predicted octanol–water partition coefficient (Wildman–Crippen LogP) is 4.39. The second-order valence-corrected chi connectivity index (χ2v) is 7.33. The Morgan fingerprint density at radius 2 is 1.73 bits per heavy atom. The van der Waals surface area contributed by atoms with Crippen LogP contribution in [0.25, 0.3) is 0 Å². The number of aliphatic hydroxyl groups is 1. The minimum atomic E-state index is -0.762. The van der Waals surface area contributed by atoms with E-state index < -0.39 is 12.0 Å². The lowest BCUT2D eigenvalue weighted by Gasteiger charge is -2.28. The Morgan fingerprint density at radius 1 is 1.07 bits per heavy atom. The van der Waals surface area contributed by atoms with Crippen molar-refractivity contribution in [2.24, 2.45) is 11.8 Å². The number of benzene rings is 2. The molecular weight excluding hydrogens is 385 g/mol. The van der Waals surface area contributed by atoms with Crippen LogP contribution in [-0.4, -0.2) is 31.5 Å². The summed E-state index contributed by atoms with van der Waals surface area (Å²) in [5, 5.41) is 13.5. The molecule has 2 aromatic carbocycles. The van der Waals surface area contributed by atoms with E-state index in [0.717, 1.165) is 11.1 Å². The van der Waals surface area contributed by atoms with Gasteiger partial charge in [0.05, 0.1) is 12.2 Å². The van der Waals surface area contributed by atoms with Crippen LogP contribution in [-0.2, 0) is 14.3 Å². The van der Waals surface area contributed by atoms with E-state index in [-0.39, 0.29) is 30.5 Å². The van der Waals surface area contributed by atoms with E-state index in [4.69, 9.17) is 9.47 Å². The molecule has 0 saturated carbocycles. The minimum Gasteiger partial charge on any atom is -0.388 e. The summed E-state index contributed by atoms with van der Waals surface area (Å²) in [6.45, 7) is 4.40. The number of rotatable bonds is 12. The summed E-state index contributed by atoms with van der Waals surface area (Å²) < 4.78 is 24.5. The van der Waals surface area contributed by atoms with Crippen molar-refractivity contribution in [3.8, 4) is 0 Å². The van der Waals surface area contributed by atoms with Gasteiger partial charge in [-0.2, -0.15) is 0 Å². The number of carbonyl (C=O) groups is 1. The second-order valence-electron chi connectivity index (χ2n) is 7.33. The molecule has 0 aliphatic heterocycles. The summed E-state index contributed by atoms with van der Waals surface area (Å²) >= 11 is 0. The molecule has 1 amide bonds. The maximum absolute atomic E-state index is 13.3. The smallest absolute Gasteiger partial charge is 0.223 e. The molecule has 0 fully saturated rings. The number of aliphatic hydroxyl groups excluding tert-OH is 1. The van der Waals surface area contributed by atoms with Gasteiger partial charge in [0.2, 0.25) is 5.91 Å². The highest BCUT2D eigenvalue weighted by atomic mass is 19.1. The third-order valence-electron chi connectivity index (χ3n) is 5.40. The molecule has 2 N–H and O–H groups in total. The van der Waals surface area contributed by atoms with Crippen molar-refractivity contribution in [3.05, 3.63) is 71.5 Å². The van der Waals surface area contributed by atoms with Crippen LogP contribution in [0, 0.1) is 17.7 Å². The molecule has 30 heavy (non-hydrogen) atoms. The molecule has 5 nitrogen and oxygen atoms in total. The molecule has 0 aromatic heterocycles. The fourth-order valence-corrected chi connectivity index (χ4v) is 3.56. The lowest BCUT2D eigenvalue weighted by molar-refractivity contribution is -0.129. The number of nitrogens with one attached hydrogen (secondary N) is 1. The van der Waals surface area contributed by atoms with Crippen molar-refractivity contribution in [1.29, 1.82) is 0 Å². The van der Waals surface area contributed by atoms with E-state index in [9.17, 15) is 14.3 Å². The molecule has 0 bridgehead atoms. The van der Waals surface area contributed by atoms with Gasteiger partial charge < -0.3 is 19.9 Å². The average Bonchev–Trinajstić information content (AvgIpc) is 2.78. The molecule has 6 heteroatoms. The minimum absolute atomic E-state index is 0.116. The molecule has 4 atom stereocenters. The number of ether oxygens (including phenoxy) is 2. The number of amides is 1. The van der Waals surface area contributed by atoms with Gasteiger partial charge in [0.25, 0.3) is 0 Å². The Balaban J connectivity index is 2.14. The van der Waals surface area contributed by atoms with Gasteiger partial charge in [-0.3, -0.25) is 4.79 Å². The zero-order chi connectivity index (χ0) is 21.9. The number of halogens is 1. The van der Waals surface area contributed by atoms with E-state index in [2.05, 4.69) is 5.32 Å². The van der Waals surface area contributed by atoms with Crippen molar-refractivity contribution >= 4 is 5.91 Å². The van der Waals surface area contributed by atoms with Crippen molar-refractivity contribution in [2.45, 2.75) is 38.9 Å². The summed E-state index contributed by atoms with van der Waals surface area (Å²) in [7, 11) is 1.60. The van der Waals surface area contributed by atoms with Crippen molar-refractivity contribution in [2.75, 3.05) is 20.4 Å². The first kappa shape index (κ1) is 24.0. The maximum Gasteiger partial charge on any atom is 0.223 e. The van der Waals surface area contributed by atoms with Crippen LogP contribution in [0.3, 0.4) is 0 Å². The fraction of sp³-hybridized carbons (Fsp3) is 0.458. The van der Waals surface area contributed by atoms with Crippen LogP contribution in [0.15, 0.2) is 54.6 Å². The van der Waals surface area contributed by atoms with Crippen LogP contribution >= 0.6 is 0 Å². The number of hydrogen-bond acceptors (Lipinski definition) is 4. The third kappa shape index (κ3) is 6.90. The van der Waals surface area contributed by atoms with E-state index in [1.807, 2.05) is 44.2 Å². The predicted molar refractivity (Wildman–Crippen MR) is 114 cm³/mol. The van der Waals surface area contributed by atoms with Crippen LogP contribution in [0.4, 0.5) is 4.39 Å². The molecule has 2 aromatic rings. The van der Waals surface area contributed by atoms with Gasteiger partial charge in [0.1, 0.15) is 12.6 Å². The standard InChI is InChI=1S/C24H32FNO4/c1-4-29-16-30-22(18-10-12-20(25)13-11-18)15-14-21(24(28)26-3)17(2)23(27)19-8-6-5-7-9-19/h5-13,17,21-23,27H,4,14-16H2,1-3H3,(H,26,28)/t17-,21?,22-,23-/m0/s1. The monoisotopic (exact) mass is 417 g/mol. The number of carbonyl (C=O) groups excluding carboxylic acids is 1. The Kier molecular flexibility index (Phi) is 9.94. The van der Waals surface area contributed by atoms with Crippen molar-refractivity contribution in [1.82, 2.24) is 5.32 Å². The first-order valence-electron chi connectivity index (χ1n) is 10.4. The fourth-order valence-electron chi connectivity index (χ4n) is 3.56. The normalized spacial score (nSPS) is 15.2. The molecule has 0 aliphatic carbocycles. The summed E-state index contributed by atoms with van der Waals surface area (Å²) in [6, 6.07) is 15.5. The molecule has 164 valence electrons. The lowest BCUT2D eigenvalue weighted by atomic mass is 9.81. The second kappa shape index (κ2) is 12.4. The van der Waals surface area contributed by atoms with Gasteiger partial charge in [0, 0.05) is 19.6 Å². The SMILES string of the molecule is CCOCO[C@@H](CCC(C(=O)NC)[C@H](C)[C@H](O)c1ccccc1)c1ccc(F)cc1. The molecule has 1 unspecified atom stereocenters. The van der Waals surface area contributed by atoms with Crippen molar-refractivity contribution in [3.63, 3.8) is 0 Å². The van der Waals surface area contributed by atoms with E-state index in [1.165, 1.54) is 12.1 Å². The first-order chi connectivity index (χ1) is 14.5. The van der Waals surface area contributed by atoms with Crippen molar-refractivity contribution < 1.29 is 23.8 Å². The maximum atomic E-state index is 13.3. The largest absolute Gasteiger partial charge is 0.388 e. The van der Waals surface area contributed by atoms with E-state index in [1.54, 1.807) is 19.2 Å². The summed E-state index contributed by atoms with van der Waals surface area (Å²) in [5.74, 6) is -1.15. The first-order valence-corrected chi connectivity index (χ1v) is 10.4. The van der Waals surface area contributed by atoms with Gasteiger partial charge in [-0.25, -0.2) is 4.39 Å². The Hall–Kier alpha value is -2.28. The van der Waals surface area contributed by atoms with Gasteiger partial charge in [-0.05, 0) is 48.9 Å². The Labute approximate surface area is 178 Å². The summed E-state index contributed by atoms with van der Waals surface area (Å²) in [5.41, 5.74) is 1.60. The summed E-state index contributed by atoms with van der Waals surface area (Å²) in [4.78, 5) is 12.6. The highest BCUT2D eigenvalue weighted by Crippen LogP contribution is 2.33. The molecule has 0 radical (unpaired) electrons. The molecule has 0 heterocycles. The van der Waals surface area contributed by atoms with Gasteiger partial charge in [-0.1, -0.05) is 49.4 Å². The Bertz CT molecular complexity index is 754. The summed E-state index contributed by atoms with van der Waals surface area (Å²) in [6.07, 6.45) is -0.0749. The lowest BCUT2D eigenvalue weighted by Crippen LogP contribution is -2.34. The van der Waals surface area contributed by atoms with Crippen LogP contribution < -0.4 is 5.32 Å². The van der Waals surface area contributed by atoms with Gasteiger partial charge in [0.15, 0.2) is 0 Å². The van der Waals surface area contributed by atoms with Crippen LogP contribution in [0.5, 0.6) is 0 Å². The Morgan fingerprint density at radius 3 is 2.33 bits per heavy atom. The van der Waals surface area contributed by atoms with Gasteiger partial charge >= 0.3 is 0 Å². The topological polar surface area (TPSA) is 67.8 Å². The van der Waals surface area contributed by atoms with Crippen LogP contribution in [0.1, 0.15) is 50.0 Å². The highest BCUT2D eigenvalue weighted by molar-refractivity contribution is 5.78. The molecule has 2 rings (SSSR count). The third-order valence-corrected chi connectivity index (χ3v) is 5.40. The molecular formula is C24H32FNO4. The molecule has 0 aliphatic rings. The zero-order valence-electron chi connectivity index (χ0n) is 17.9.